The number of urea groups is 1. The van der Waals surface area contributed by atoms with E-state index in [-0.39, 0.29) is 17.4 Å². The molecule has 0 spiro atoms. The largest absolute Gasteiger partial charge is 0.337 e. The Morgan fingerprint density at radius 1 is 1.04 bits per heavy atom. The minimum Gasteiger partial charge on any atom is -0.337 e. The van der Waals surface area contributed by atoms with E-state index < -0.39 is 0 Å². The summed E-state index contributed by atoms with van der Waals surface area (Å²) < 4.78 is 0. The molecule has 1 heterocycles. The lowest BCUT2D eigenvalue weighted by molar-refractivity contribution is 0.0761. The number of rotatable bonds is 2. The number of aryl methyl sites for hydroxylation is 2. The molecule has 138 valence electrons. The molecule has 1 aliphatic heterocycles. The van der Waals surface area contributed by atoms with Crippen molar-refractivity contribution < 1.29 is 9.59 Å². The number of benzene rings is 1. The fourth-order valence-electron chi connectivity index (χ4n) is 3.00. The van der Waals surface area contributed by atoms with E-state index in [1.54, 1.807) is 0 Å². The van der Waals surface area contributed by atoms with E-state index in [0.717, 1.165) is 23.1 Å². The van der Waals surface area contributed by atoms with Gasteiger partial charge in [0.15, 0.2) is 0 Å². The smallest absolute Gasteiger partial charge is 0.317 e. The molecule has 1 aliphatic rings. The molecule has 0 bridgehead atoms. The molecule has 1 N–H and O–H groups in total. The fourth-order valence-corrected chi connectivity index (χ4v) is 3.00. The SMILES string of the molecule is Cc1ccc(C(=O)N2CCCN(C(=O)NCC(C)(C)C)CC2)c(C)c1. The molecule has 2 rings (SSSR count). The molecule has 3 amide bonds. The van der Waals surface area contributed by atoms with Crippen LogP contribution in [-0.2, 0) is 0 Å². The zero-order valence-electron chi connectivity index (χ0n) is 16.2. The van der Waals surface area contributed by atoms with Crippen LogP contribution in [0.5, 0.6) is 0 Å². The molecule has 0 atom stereocenters. The molecule has 1 aromatic rings. The van der Waals surface area contributed by atoms with Gasteiger partial charge in [-0.15, -0.1) is 0 Å². The van der Waals surface area contributed by atoms with Crippen LogP contribution >= 0.6 is 0 Å². The maximum atomic E-state index is 12.8. The first-order chi connectivity index (χ1) is 11.7. The summed E-state index contributed by atoms with van der Waals surface area (Å²) in [6.45, 7) is 13.5. The van der Waals surface area contributed by atoms with Crippen LogP contribution in [0, 0.1) is 19.3 Å². The average molecular weight is 345 g/mol. The number of hydrogen-bond donors (Lipinski definition) is 1. The average Bonchev–Trinajstić information content (AvgIpc) is 2.77. The fraction of sp³-hybridized carbons (Fsp3) is 0.600. The number of carbonyl (C=O) groups is 2. The van der Waals surface area contributed by atoms with Crippen molar-refractivity contribution in [1.82, 2.24) is 15.1 Å². The predicted molar refractivity (Wildman–Crippen MR) is 101 cm³/mol. The second kappa shape index (κ2) is 7.89. The lowest BCUT2D eigenvalue weighted by atomic mass is 9.97. The van der Waals surface area contributed by atoms with Crippen LogP contribution in [0.3, 0.4) is 0 Å². The zero-order chi connectivity index (χ0) is 18.6. The first-order valence-electron chi connectivity index (χ1n) is 9.07. The van der Waals surface area contributed by atoms with E-state index in [4.69, 9.17) is 0 Å². The Morgan fingerprint density at radius 2 is 1.68 bits per heavy atom. The van der Waals surface area contributed by atoms with Crippen molar-refractivity contribution >= 4 is 11.9 Å². The Hall–Kier alpha value is -2.04. The second-order valence-corrected chi connectivity index (χ2v) is 8.17. The van der Waals surface area contributed by atoms with Gasteiger partial charge < -0.3 is 15.1 Å². The van der Waals surface area contributed by atoms with Gasteiger partial charge in [0.1, 0.15) is 0 Å². The third-order valence-corrected chi connectivity index (χ3v) is 4.45. The van der Waals surface area contributed by atoms with Crippen molar-refractivity contribution in [2.75, 3.05) is 32.7 Å². The van der Waals surface area contributed by atoms with E-state index in [2.05, 4.69) is 26.1 Å². The van der Waals surface area contributed by atoms with Crippen LogP contribution in [-0.4, -0.2) is 54.5 Å². The summed E-state index contributed by atoms with van der Waals surface area (Å²) in [4.78, 5) is 28.9. The van der Waals surface area contributed by atoms with Crippen molar-refractivity contribution in [3.05, 3.63) is 34.9 Å². The van der Waals surface area contributed by atoms with Crippen LogP contribution in [0.4, 0.5) is 4.79 Å². The number of amides is 3. The maximum Gasteiger partial charge on any atom is 0.317 e. The van der Waals surface area contributed by atoms with E-state index in [9.17, 15) is 9.59 Å². The third-order valence-electron chi connectivity index (χ3n) is 4.45. The Labute approximate surface area is 151 Å². The predicted octanol–water partition coefficient (Wildman–Crippen LogP) is 3.21. The van der Waals surface area contributed by atoms with E-state index in [1.807, 2.05) is 41.8 Å². The lowest BCUT2D eigenvalue weighted by Crippen LogP contribution is -2.44. The summed E-state index contributed by atoms with van der Waals surface area (Å²) in [7, 11) is 0. The Kier molecular flexibility index (Phi) is 6.09. The van der Waals surface area contributed by atoms with Gasteiger partial charge in [-0.25, -0.2) is 4.79 Å². The van der Waals surface area contributed by atoms with Gasteiger partial charge in [-0.05, 0) is 37.3 Å². The monoisotopic (exact) mass is 345 g/mol. The Balaban J connectivity index is 1.96. The molecule has 0 aromatic heterocycles. The summed E-state index contributed by atoms with van der Waals surface area (Å²) in [5.41, 5.74) is 2.99. The molecule has 1 aromatic carbocycles. The van der Waals surface area contributed by atoms with Crippen LogP contribution in [0.1, 0.15) is 48.7 Å². The van der Waals surface area contributed by atoms with Gasteiger partial charge >= 0.3 is 6.03 Å². The summed E-state index contributed by atoms with van der Waals surface area (Å²) >= 11 is 0. The van der Waals surface area contributed by atoms with Gasteiger partial charge in [-0.2, -0.15) is 0 Å². The summed E-state index contributed by atoms with van der Waals surface area (Å²) in [5.74, 6) is 0.0643. The maximum absolute atomic E-state index is 12.8. The summed E-state index contributed by atoms with van der Waals surface area (Å²) in [6.07, 6.45) is 0.805. The van der Waals surface area contributed by atoms with Gasteiger partial charge in [0, 0.05) is 38.3 Å². The van der Waals surface area contributed by atoms with Crippen molar-refractivity contribution in [1.29, 1.82) is 0 Å². The van der Waals surface area contributed by atoms with Gasteiger partial charge in [0.2, 0.25) is 0 Å². The standard InChI is InChI=1S/C20H31N3O2/c1-15-7-8-17(16(2)13-15)18(24)22-9-6-10-23(12-11-22)19(25)21-14-20(3,4)5/h7-8,13H,6,9-12,14H2,1-5H3,(H,21,25). The van der Waals surface area contributed by atoms with E-state index >= 15 is 0 Å². The van der Waals surface area contributed by atoms with Gasteiger partial charge in [0.25, 0.3) is 5.91 Å². The van der Waals surface area contributed by atoms with Crippen molar-refractivity contribution in [2.45, 2.75) is 41.0 Å². The molecule has 0 saturated carbocycles. The highest BCUT2D eigenvalue weighted by Gasteiger charge is 2.24. The third kappa shape index (κ3) is 5.48. The van der Waals surface area contributed by atoms with Crippen molar-refractivity contribution in [2.24, 2.45) is 5.41 Å². The lowest BCUT2D eigenvalue weighted by Gasteiger charge is -2.25. The molecule has 1 fully saturated rings. The summed E-state index contributed by atoms with van der Waals surface area (Å²) in [6, 6.07) is 5.89. The summed E-state index contributed by atoms with van der Waals surface area (Å²) in [5, 5.41) is 2.99. The van der Waals surface area contributed by atoms with Crippen LogP contribution in [0.15, 0.2) is 18.2 Å². The molecular formula is C20H31N3O2. The van der Waals surface area contributed by atoms with E-state index in [0.29, 0.717) is 32.7 Å². The molecular weight excluding hydrogens is 314 g/mol. The van der Waals surface area contributed by atoms with Crippen LogP contribution in [0.2, 0.25) is 0 Å². The highest BCUT2D eigenvalue weighted by atomic mass is 16.2. The Bertz CT molecular complexity index is 634. The highest BCUT2D eigenvalue weighted by molar-refractivity contribution is 5.95. The topological polar surface area (TPSA) is 52.7 Å². The quantitative estimate of drug-likeness (QED) is 0.895. The Morgan fingerprint density at radius 3 is 2.32 bits per heavy atom. The van der Waals surface area contributed by atoms with Gasteiger partial charge in [-0.3, -0.25) is 4.79 Å². The van der Waals surface area contributed by atoms with Gasteiger partial charge in [-0.1, -0.05) is 38.5 Å². The molecule has 0 unspecified atom stereocenters. The van der Waals surface area contributed by atoms with Crippen LogP contribution < -0.4 is 5.32 Å². The van der Waals surface area contributed by atoms with Gasteiger partial charge in [0.05, 0.1) is 0 Å². The number of nitrogens with one attached hydrogen (secondary N) is 1. The van der Waals surface area contributed by atoms with Crippen LogP contribution in [0.25, 0.3) is 0 Å². The number of hydrogen-bond acceptors (Lipinski definition) is 2. The molecule has 5 heteroatoms. The van der Waals surface area contributed by atoms with Crippen molar-refractivity contribution in [3.63, 3.8) is 0 Å². The number of nitrogens with zero attached hydrogens (tertiary/aromatic N) is 2. The molecule has 1 saturated heterocycles. The van der Waals surface area contributed by atoms with Crippen molar-refractivity contribution in [3.8, 4) is 0 Å². The minimum absolute atomic E-state index is 0.0317. The molecule has 25 heavy (non-hydrogen) atoms. The minimum atomic E-state index is -0.0317. The highest BCUT2D eigenvalue weighted by Crippen LogP contribution is 2.15. The zero-order valence-corrected chi connectivity index (χ0v) is 16.2. The molecule has 5 nitrogen and oxygen atoms in total. The second-order valence-electron chi connectivity index (χ2n) is 8.17. The molecule has 0 aliphatic carbocycles. The number of carbonyl (C=O) groups excluding carboxylic acids is 2. The molecule has 0 radical (unpaired) electrons. The normalized spacial score (nSPS) is 15.7. The van der Waals surface area contributed by atoms with E-state index in [1.165, 1.54) is 0 Å². The first kappa shape index (κ1) is 19.3. The first-order valence-corrected chi connectivity index (χ1v) is 9.07.